The van der Waals surface area contributed by atoms with Crippen LogP contribution < -0.4 is 4.74 Å². The van der Waals surface area contributed by atoms with Crippen molar-refractivity contribution in [1.29, 1.82) is 0 Å². The highest BCUT2D eigenvalue weighted by Gasteiger charge is 2.75. The van der Waals surface area contributed by atoms with Gasteiger partial charge in [0, 0.05) is 35.8 Å². The number of carbonyl (C=O) groups is 2. The lowest BCUT2D eigenvalue weighted by atomic mass is 9.46. The normalized spacial score (nSPS) is 40.0. The number of Topliss-reactive ketones (excluding diaryl/α,β-unsaturated/α-hetero) is 2. The summed E-state index contributed by atoms with van der Waals surface area (Å²) in [4.78, 5) is 32.3. The van der Waals surface area contributed by atoms with E-state index >= 15 is 0 Å². The molecule has 3 N–H and O–H groups in total. The number of hydrogen-bond acceptors (Lipinski definition) is 8. The maximum Gasteiger partial charge on any atom is 0.249 e. The third-order valence-electron chi connectivity index (χ3n) is 10.9. The van der Waals surface area contributed by atoms with Crippen LogP contribution in [0.25, 0.3) is 0 Å². The molecule has 1 heterocycles. The molecule has 3 saturated carbocycles. The maximum atomic E-state index is 15.0. The molecule has 1 aromatic carbocycles. The molecule has 0 aromatic heterocycles. The first-order valence-electron chi connectivity index (χ1n) is 14.4. The Morgan fingerprint density at radius 3 is 2.61 bits per heavy atom. The molecule has 4 aliphatic carbocycles. The van der Waals surface area contributed by atoms with E-state index in [1.165, 1.54) is 6.08 Å². The van der Waals surface area contributed by atoms with Crippen molar-refractivity contribution in [3.63, 3.8) is 0 Å². The molecule has 1 saturated heterocycles. The number of aliphatic hydroxyl groups is 3. The summed E-state index contributed by atoms with van der Waals surface area (Å²) >= 11 is 0. The molecule has 1 aliphatic heterocycles. The predicted molar refractivity (Wildman–Crippen MR) is 142 cm³/mol. The third-order valence-corrected chi connectivity index (χ3v) is 10.9. The number of benzene rings is 1. The molecule has 5 aliphatic rings. The van der Waals surface area contributed by atoms with Crippen LogP contribution >= 0.6 is 0 Å². The Kier molecular flexibility index (Phi) is 7.01. The summed E-state index contributed by atoms with van der Waals surface area (Å²) in [6.45, 7) is 3.94. The second kappa shape index (κ2) is 10.1. The van der Waals surface area contributed by atoms with Crippen molar-refractivity contribution in [3.05, 3.63) is 53.1 Å². The molecule has 41 heavy (non-hydrogen) atoms. The summed E-state index contributed by atoms with van der Waals surface area (Å²) in [5, 5.41) is 32.5. The smallest absolute Gasteiger partial charge is 0.249 e. The van der Waals surface area contributed by atoms with Crippen LogP contribution in [0.1, 0.15) is 45.1 Å². The van der Waals surface area contributed by atoms with Crippen LogP contribution in [0.3, 0.4) is 0 Å². The molecule has 0 radical (unpaired) electrons. The number of fused-ring (bicyclic) bond motifs is 7. The second-order valence-corrected chi connectivity index (χ2v) is 12.8. The summed E-state index contributed by atoms with van der Waals surface area (Å²) in [5.41, 5.74) is -2.12. The van der Waals surface area contributed by atoms with Gasteiger partial charge in [-0.05, 0) is 66.9 Å². The van der Waals surface area contributed by atoms with Gasteiger partial charge in [0.1, 0.15) is 19.0 Å². The Labute approximate surface area is 237 Å². The Morgan fingerprint density at radius 1 is 1.20 bits per heavy atom. The SMILES string of the molecule is CC12C=C(F)C(=O)C(F)=C1CCC1C2C(O)CC2(C)C1CC1CN(Cc3ccc(OCCO)cc3)OC12C(=O)CO. The van der Waals surface area contributed by atoms with Crippen LogP contribution in [0, 0.1) is 34.5 Å². The van der Waals surface area contributed by atoms with Gasteiger partial charge < -0.3 is 20.1 Å². The fourth-order valence-electron chi connectivity index (χ4n) is 9.37. The zero-order valence-corrected chi connectivity index (χ0v) is 23.3. The number of allylic oxidation sites excluding steroid dienone is 4. The fraction of sp³-hybridized carbons (Fsp3) is 0.613. The van der Waals surface area contributed by atoms with Gasteiger partial charge in [0.15, 0.2) is 23.0 Å². The molecule has 4 fully saturated rings. The van der Waals surface area contributed by atoms with E-state index in [2.05, 4.69) is 0 Å². The molecule has 0 bridgehead atoms. The number of carbonyl (C=O) groups excluding carboxylic acids is 2. The van der Waals surface area contributed by atoms with Gasteiger partial charge in [-0.3, -0.25) is 14.4 Å². The number of ketones is 2. The lowest BCUT2D eigenvalue weighted by molar-refractivity contribution is -0.254. The third kappa shape index (κ3) is 4.01. The number of aliphatic hydroxyl groups excluding tert-OH is 3. The minimum absolute atomic E-state index is 0.0803. The van der Waals surface area contributed by atoms with Gasteiger partial charge in [-0.1, -0.05) is 26.0 Å². The molecule has 8 unspecified atom stereocenters. The topological polar surface area (TPSA) is 117 Å². The highest BCUT2D eigenvalue weighted by atomic mass is 19.1. The minimum atomic E-state index is -1.34. The van der Waals surface area contributed by atoms with Crippen molar-refractivity contribution in [2.75, 3.05) is 26.4 Å². The van der Waals surface area contributed by atoms with Crippen molar-refractivity contribution in [2.24, 2.45) is 34.5 Å². The first-order chi connectivity index (χ1) is 19.5. The van der Waals surface area contributed by atoms with Gasteiger partial charge in [-0.2, -0.15) is 5.06 Å². The first kappa shape index (κ1) is 28.6. The average molecular weight is 574 g/mol. The van der Waals surface area contributed by atoms with Gasteiger partial charge in [0.05, 0.1) is 12.7 Å². The van der Waals surface area contributed by atoms with E-state index in [0.29, 0.717) is 31.7 Å². The van der Waals surface area contributed by atoms with Crippen molar-refractivity contribution in [3.8, 4) is 5.75 Å². The lowest BCUT2D eigenvalue weighted by Crippen LogP contribution is -2.63. The lowest BCUT2D eigenvalue weighted by Gasteiger charge is -2.59. The number of ether oxygens (including phenoxy) is 1. The quantitative estimate of drug-likeness (QED) is 0.456. The summed E-state index contributed by atoms with van der Waals surface area (Å²) in [6.07, 6.45) is 1.75. The number of nitrogens with zero attached hydrogens (tertiary/aromatic N) is 1. The number of rotatable bonds is 7. The molecule has 222 valence electrons. The van der Waals surface area contributed by atoms with Crippen molar-refractivity contribution in [1.82, 2.24) is 5.06 Å². The predicted octanol–water partition coefficient (Wildman–Crippen LogP) is 3.20. The van der Waals surface area contributed by atoms with Gasteiger partial charge in [0.25, 0.3) is 0 Å². The number of hydroxylamine groups is 2. The molecular formula is C31H37F2NO7. The summed E-state index contributed by atoms with van der Waals surface area (Å²) in [5.74, 6) is -4.19. The second-order valence-electron chi connectivity index (χ2n) is 12.8. The van der Waals surface area contributed by atoms with Gasteiger partial charge in [0.2, 0.25) is 5.78 Å². The zero-order chi connectivity index (χ0) is 29.3. The molecule has 8 atom stereocenters. The number of halogens is 2. The number of hydrogen-bond donors (Lipinski definition) is 3. The molecular weight excluding hydrogens is 536 g/mol. The zero-order valence-electron chi connectivity index (χ0n) is 23.3. The largest absolute Gasteiger partial charge is 0.491 e. The summed E-state index contributed by atoms with van der Waals surface area (Å²) < 4.78 is 35.0. The van der Waals surface area contributed by atoms with Crippen LogP contribution in [-0.4, -0.2) is 70.0 Å². The Hall–Kier alpha value is -2.50. The first-order valence-corrected chi connectivity index (χ1v) is 14.4. The highest BCUT2D eigenvalue weighted by Crippen LogP contribution is 2.71. The van der Waals surface area contributed by atoms with Crippen molar-refractivity contribution in [2.45, 2.75) is 57.8 Å². The standard InChI is InChI=1S/C31H37F2NO7/c1-29-12-23(32)28(39)27(33)21(29)8-7-20-22-11-18-15-34(14-17-3-5-19(6-4-17)40-10-9-35)41-31(18,25(38)16-36)30(22,2)13-24(37)26(20)29/h3-6,12,18,20,22,24,26,35-37H,7-11,13-16H2,1-2H3. The maximum absolute atomic E-state index is 15.0. The van der Waals surface area contributed by atoms with Gasteiger partial charge >= 0.3 is 0 Å². The van der Waals surface area contributed by atoms with E-state index in [1.807, 2.05) is 19.1 Å². The van der Waals surface area contributed by atoms with E-state index in [9.17, 15) is 28.6 Å². The van der Waals surface area contributed by atoms with Crippen molar-refractivity contribution >= 4 is 11.6 Å². The van der Waals surface area contributed by atoms with E-state index in [0.717, 1.165) is 5.56 Å². The molecule has 0 amide bonds. The van der Waals surface area contributed by atoms with E-state index in [1.54, 1.807) is 24.1 Å². The van der Waals surface area contributed by atoms with E-state index in [-0.39, 0.29) is 49.4 Å². The van der Waals surface area contributed by atoms with Crippen LogP contribution in [0.15, 0.2) is 47.6 Å². The molecule has 6 rings (SSSR count). The fourth-order valence-corrected chi connectivity index (χ4v) is 9.37. The van der Waals surface area contributed by atoms with Crippen LogP contribution in [0.4, 0.5) is 8.78 Å². The monoisotopic (exact) mass is 573 g/mol. The van der Waals surface area contributed by atoms with E-state index < -0.39 is 58.3 Å². The van der Waals surface area contributed by atoms with Crippen LogP contribution in [0.2, 0.25) is 0 Å². The highest BCUT2D eigenvalue weighted by molar-refractivity contribution is 6.07. The minimum Gasteiger partial charge on any atom is -0.491 e. The molecule has 0 spiro atoms. The molecule has 10 heteroatoms. The van der Waals surface area contributed by atoms with Crippen LogP contribution in [-0.2, 0) is 21.0 Å². The Bertz CT molecular complexity index is 1310. The van der Waals surface area contributed by atoms with Crippen molar-refractivity contribution < 1.29 is 43.3 Å². The molecule has 8 nitrogen and oxygen atoms in total. The van der Waals surface area contributed by atoms with Gasteiger partial charge in [-0.15, -0.1) is 0 Å². The van der Waals surface area contributed by atoms with Crippen LogP contribution in [0.5, 0.6) is 5.75 Å². The van der Waals surface area contributed by atoms with Gasteiger partial charge in [-0.25, -0.2) is 8.78 Å². The Morgan fingerprint density at radius 2 is 1.93 bits per heavy atom. The van der Waals surface area contributed by atoms with E-state index in [4.69, 9.17) is 14.7 Å². The molecule has 1 aromatic rings. The Balaban J connectivity index is 1.30. The summed E-state index contributed by atoms with van der Waals surface area (Å²) in [6, 6.07) is 7.38. The summed E-state index contributed by atoms with van der Waals surface area (Å²) in [7, 11) is 0. The average Bonchev–Trinajstić information content (AvgIpc) is 3.42.